The summed E-state index contributed by atoms with van der Waals surface area (Å²) in [5.41, 5.74) is 5.88. The van der Waals surface area contributed by atoms with Crippen LogP contribution >= 0.6 is 23.2 Å². The van der Waals surface area contributed by atoms with Crippen molar-refractivity contribution < 1.29 is 28.6 Å². The van der Waals surface area contributed by atoms with Gasteiger partial charge in [-0.2, -0.15) is 5.10 Å². The summed E-state index contributed by atoms with van der Waals surface area (Å²) >= 11 is 11.8. The predicted octanol–water partition coefficient (Wildman–Crippen LogP) is 8.08. The number of benzene rings is 5. The normalized spacial score (nSPS) is 10.8. The first kappa shape index (κ1) is 32.0. The van der Waals surface area contributed by atoms with Gasteiger partial charge in [-0.3, -0.25) is 4.79 Å². The minimum absolute atomic E-state index is 0.0365. The Morgan fingerprint density at radius 2 is 1.22 bits per heavy atom. The topological polar surface area (TPSA) is 103 Å². The van der Waals surface area contributed by atoms with Gasteiger partial charge in [0.25, 0.3) is 5.91 Å². The Balaban J connectivity index is 1.27. The number of aryl methyl sites for hydroxylation is 1. The number of carbonyl (C=O) groups is 3. The molecule has 0 aliphatic heterocycles. The van der Waals surface area contributed by atoms with E-state index >= 15 is 0 Å². The standard InChI is InChI=1S/C36H26Cl2N2O6/c1-23-2-4-24(5-3-23)22-44-31-17-10-25(11-18-31)34(41)40-39-21-28-12-19-32(45-35(42)26-6-13-29(37)14-7-26)20-33(28)46-36(43)27-8-15-30(38)16-9-27/h2-21H,22H2,1H3,(H,40,41)/b39-21+. The Labute approximate surface area is 275 Å². The molecule has 1 N–H and O–H groups in total. The highest BCUT2D eigenvalue weighted by Crippen LogP contribution is 2.26. The van der Waals surface area contributed by atoms with Crippen LogP contribution in [0.15, 0.2) is 120 Å². The summed E-state index contributed by atoms with van der Waals surface area (Å²) < 4.78 is 16.9. The van der Waals surface area contributed by atoms with Gasteiger partial charge in [0.05, 0.1) is 17.3 Å². The van der Waals surface area contributed by atoms with Crippen molar-refractivity contribution in [3.63, 3.8) is 0 Å². The molecule has 0 radical (unpaired) electrons. The average molecular weight is 654 g/mol. The number of hydrazone groups is 1. The number of nitrogens with zero attached hydrogens (tertiary/aromatic N) is 1. The first-order valence-corrected chi connectivity index (χ1v) is 14.7. The van der Waals surface area contributed by atoms with Crippen LogP contribution in [-0.4, -0.2) is 24.1 Å². The van der Waals surface area contributed by atoms with Gasteiger partial charge in [0.2, 0.25) is 0 Å². The van der Waals surface area contributed by atoms with Crippen molar-refractivity contribution in [2.24, 2.45) is 5.10 Å². The van der Waals surface area contributed by atoms with E-state index in [0.29, 0.717) is 33.5 Å². The van der Waals surface area contributed by atoms with Crippen molar-refractivity contribution in [3.8, 4) is 17.2 Å². The summed E-state index contributed by atoms with van der Waals surface area (Å²) in [6, 6.07) is 31.4. The lowest BCUT2D eigenvalue weighted by molar-refractivity contribution is 0.0732. The van der Waals surface area contributed by atoms with Crippen LogP contribution in [0.3, 0.4) is 0 Å². The van der Waals surface area contributed by atoms with Gasteiger partial charge in [0.15, 0.2) is 0 Å². The number of halogens is 2. The fraction of sp³-hybridized carbons (Fsp3) is 0.0556. The van der Waals surface area contributed by atoms with Crippen LogP contribution in [-0.2, 0) is 6.61 Å². The molecule has 0 spiro atoms. The summed E-state index contributed by atoms with van der Waals surface area (Å²) in [5, 5.41) is 4.97. The first-order valence-electron chi connectivity index (χ1n) is 13.9. The van der Waals surface area contributed by atoms with Crippen LogP contribution in [0.5, 0.6) is 17.2 Å². The molecule has 0 aliphatic carbocycles. The molecule has 230 valence electrons. The lowest BCUT2D eigenvalue weighted by Crippen LogP contribution is -2.17. The van der Waals surface area contributed by atoms with E-state index in [1.54, 1.807) is 48.5 Å². The molecule has 0 bridgehead atoms. The Hall–Kier alpha value is -5.44. The van der Waals surface area contributed by atoms with E-state index in [4.69, 9.17) is 37.4 Å². The van der Waals surface area contributed by atoms with Crippen molar-refractivity contribution in [1.82, 2.24) is 5.43 Å². The minimum atomic E-state index is -0.679. The lowest BCUT2D eigenvalue weighted by atomic mass is 10.2. The highest BCUT2D eigenvalue weighted by Gasteiger charge is 2.15. The summed E-state index contributed by atoms with van der Waals surface area (Å²) in [6.45, 7) is 2.43. The van der Waals surface area contributed by atoms with Crippen LogP contribution in [0.25, 0.3) is 0 Å². The number of esters is 2. The van der Waals surface area contributed by atoms with Gasteiger partial charge in [-0.15, -0.1) is 0 Å². The van der Waals surface area contributed by atoms with Crippen LogP contribution in [0.4, 0.5) is 0 Å². The molecule has 0 aromatic heterocycles. The number of hydrogen-bond acceptors (Lipinski definition) is 7. The molecular weight excluding hydrogens is 627 g/mol. The highest BCUT2D eigenvalue weighted by molar-refractivity contribution is 6.31. The van der Waals surface area contributed by atoms with Crippen molar-refractivity contribution in [1.29, 1.82) is 0 Å². The van der Waals surface area contributed by atoms with Gasteiger partial charge >= 0.3 is 11.9 Å². The smallest absolute Gasteiger partial charge is 0.343 e. The number of carbonyl (C=O) groups excluding carboxylic acids is 3. The molecule has 0 saturated carbocycles. The van der Waals surface area contributed by atoms with Gasteiger partial charge in [0.1, 0.15) is 23.9 Å². The van der Waals surface area contributed by atoms with Gasteiger partial charge in [0, 0.05) is 27.2 Å². The van der Waals surface area contributed by atoms with Gasteiger partial charge in [-0.1, -0.05) is 53.0 Å². The molecule has 8 nitrogen and oxygen atoms in total. The van der Waals surface area contributed by atoms with Gasteiger partial charge < -0.3 is 14.2 Å². The van der Waals surface area contributed by atoms with E-state index in [-0.39, 0.29) is 22.6 Å². The molecule has 1 amide bonds. The van der Waals surface area contributed by atoms with E-state index in [1.807, 2.05) is 31.2 Å². The second-order valence-corrected chi connectivity index (χ2v) is 10.9. The third-order valence-corrected chi connectivity index (χ3v) is 7.07. The van der Waals surface area contributed by atoms with Gasteiger partial charge in [-0.05, 0) is 97.4 Å². The van der Waals surface area contributed by atoms with Crippen LogP contribution in [0.1, 0.15) is 47.8 Å². The largest absolute Gasteiger partial charge is 0.489 e. The summed E-state index contributed by atoms with van der Waals surface area (Å²) in [4.78, 5) is 38.3. The van der Waals surface area contributed by atoms with Crippen molar-refractivity contribution in [3.05, 3.63) is 159 Å². The van der Waals surface area contributed by atoms with E-state index in [2.05, 4.69) is 10.5 Å². The van der Waals surface area contributed by atoms with Crippen LogP contribution in [0, 0.1) is 6.92 Å². The first-order chi connectivity index (χ1) is 22.2. The van der Waals surface area contributed by atoms with E-state index in [9.17, 15) is 14.4 Å². The Kier molecular flexibility index (Phi) is 10.4. The average Bonchev–Trinajstić information content (AvgIpc) is 3.06. The lowest BCUT2D eigenvalue weighted by Gasteiger charge is -2.11. The number of ether oxygens (including phenoxy) is 3. The number of hydrogen-bond donors (Lipinski definition) is 1. The van der Waals surface area contributed by atoms with E-state index in [0.717, 1.165) is 5.56 Å². The van der Waals surface area contributed by atoms with Crippen LogP contribution < -0.4 is 19.6 Å². The third-order valence-electron chi connectivity index (χ3n) is 6.57. The molecule has 5 aromatic carbocycles. The maximum Gasteiger partial charge on any atom is 0.343 e. The molecule has 0 saturated heterocycles. The fourth-order valence-electron chi connectivity index (χ4n) is 4.05. The number of amides is 1. The molecule has 0 atom stereocenters. The molecule has 0 unspecified atom stereocenters. The molecule has 0 aliphatic rings. The van der Waals surface area contributed by atoms with Crippen LogP contribution in [0.2, 0.25) is 10.0 Å². The second kappa shape index (κ2) is 15.0. The third kappa shape index (κ3) is 8.81. The quantitative estimate of drug-likeness (QED) is 0.0708. The molecule has 5 rings (SSSR count). The van der Waals surface area contributed by atoms with E-state index in [1.165, 1.54) is 54.2 Å². The SMILES string of the molecule is Cc1ccc(COc2ccc(C(=O)N/N=C/c3ccc(OC(=O)c4ccc(Cl)cc4)cc3OC(=O)c3ccc(Cl)cc3)cc2)cc1. The molecule has 0 fully saturated rings. The molecular formula is C36H26Cl2N2O6. The summed E-state index contributed by atoms with van der Waals surface area (Å²) in [7, 11) is 0. The Bertz CT molecular complexity index is 1870. The molecule has 10 heteroatoms. The van der Waals surface area contributed by atoms with Crippen molar-refractivity contribution in [2.75, 3.05) is 0 Å². The molecule has 5 aromatic rings. The predicted molar refractivity (Wildman–Crippen MR) is 176 cm³/mol. The second-order valence-electron chi connectivity index (χ2n) is 9.99. The Morgan fingerprint density at radius 3 is 1.83 bits per heavy atom. The maximum atomic E-state index is 12.9. The minimum Gasteiger partial charge on any atom is -0.489 e. The van der Waals surface area contributed by atoms with Crippen molar-refractivity contribution >= 4 is 47.3 Å². The molecule has 46 heavy (non-hydrogen) atoms. The molecule has 0 heterocycles. The summed E-state index contributed by atoms with van der Waals surface area (Å²) in [6.07, 6.45) is 1.31. The zero-order valence-corrected chi connectivity index (χ0v) is 25.9. The Morgan fingerprint density at radius 1 is 0.674 bits per heavy atom. The van der Waals surface area contributed by atoms with E-state index < -0.39 is 17.8 Å². The monoisotopic (exact) mass is 652 g/mol. The zero-order chi connectivity index (χ0) is 32.5. The maximum absolute atomic E-state index is 12.9. The number of nitrogens with one attached hydrogen (secondary N) is 1. The summed E-state index contributed by atoms with van der Waals surface area (Å²) in [5.74, 6) is -1.01. The highest BCUT2D eigenvalue weighted by atomic mass is 35.5. The zero-order valence-electron chi connectivity index (χ0n) is 24.4. The number of rotatable bonds is 10. The van der Waals surface area contributed by atoms with Crippen molar-refractivity contribution in [2.45, 2.75) is 13.5 Å². The van der Waals surface area contributed by atoms with Gasteiger partial charge in [-0.25, -0.2) is 15.0 Å². The fourth-order valence-corrected chi connectivity index (χ4v) is 4.30.